The molecular weight excluding hydrogens is 452 g/mol. The number of aliphatic hydroxyl groups excluding tert-OH is 1. The molecule has 36 heavy (non-hydrogen) atoms. The van der Waals surface area contributed by atoms with Crippen molar-refractivity contribution in [1.29, 1.82) is 0 Å². The van der Waals surface area contributed by atoms with Crippen LogP contribution in [0.15, 0.2) is 12.2 Å². The number of aliphatic hydroxyl groups is 2. The van der Waals surface area contributed by atoms with Crippen LogP contribution in [0.2, 0.25) is 0 Å². The van der Waals surface area contributed by atoms with Crippen molar-refractivity contribution < 1.29 is 24.5 Å². The minimum Gasteiger partial charge on any atom is -0.469 e. The van der Waals surface area contributed by atoms with E-state index in [1.54, 1.807) is 0 Å². The maximum atomic E-state index is 12.2. The average molecular weight is 505 g/mol. The molecule has 3 aliphatic carbocycles. The molecule has 0 radical (unpaired) electrons. The van der Waals surface area contributed by atoms with Crippen LogP contribution >= 0.6 is 0 Å². The highest BCUT2D eigenvalue weighted by Crippen LogP contribution is 2.74. The summed E-state index contributed by atoms with van der Waals surface area (Å²) in [6.07, 6.45) is 9.93. The second-order valence-electron chi connectivity index (χ2n) is 14.3. The lowest BCUT2D eigenvalue weighted by Gasteiger charge is -2.66. The van der Waals surface area contributed by atoms with Crippen LogP contribution in [0.5, 0.6) is 0 Å². The molecule has 206 valence electrons. The number of hydrogen-bond donors (Lipinski definition) is 2. The first-order valence-electron chi connectivity index (χ1n) is 14.4. The second-order valence-corrected chi connectivity index (χ2v) is 14.3. The Labute approximate surface area is 219 Å². The van der Waals surface area contributed by atoms with Gasteiger partial charge >= 0.3 is 5.97 Å². The fourth-order valence-electron chi connectivity index (χ4n) is 10.1. The number of carbonyl (C=O) groups excluding carboxylic acids is 1. The van der Waals surface area contributed by atoms with Crippen LogP contribution in [0.3, 0.4) is 0 Å². The average Bonchev–Trinajstić information content (AvgIpc) is 3.39. The van der Waals surface area contributed by atoms with Gasteiger partial charge in [0, 0.05) is 6.42 Å². The van der Waals surface area contributed by atoms with Crippen LogP contribution in [0.4, 0.5) is 0 Å². The topological polar surface area (TPSA) is 76.0 Å². The zero-order chi connectivity index (χ0) is 26.7. The van der Waals surface area contributed by atoms with Gasteiger partial charge in [0.1, 0.15) is 0 Å². The molecule has 9 atom stereocenters. The van der Waals surface area contributed by atoms with Crippen molar-refractivity contribution in [3.63, 3.8) is 0 Å². The van der Waals surface area contributed by atoms with Gasteiger partial charge in [-0.2, -0.15) is 0 Å². The first kappa shape index (κ1) is 28.1. The van der Waals surface area contributed by atoms with Gasteiger partial charge in [0.15, 0.2) is 0 Å². The highest BCUT2D eigenvalue weighted by molar-refractivity contribution is 5.69. The number of rotatable bonds is 7. The molecule has 5 nitrogen and oxygen atoms in total. The molecule has 0 spiro atoms. The Morgan fingerprint density at radius 1 is 1.00 bits per heavy atom. The Bertz CT molecular complexity index is 862. The molecule has 0 amide bonds. The molecule has 0 aromatic carbocycles. The fraction of sp³-hybridized carbons (Fsp3) is 0.903. The third-order valence-electron chi connectivity index (χ3n) is 12.3. The quantitative estimate of drug-likeness (QED) is 0.325. The number of ether oxygens (including phenoxy) is 2. The SMILES string of the molecule is C=C(CO)C1CCC2(C)C(CCC3C(C4(C)CCC(C(C)(C)O)O4)CCC32C)C1(C)CCC(=O)OC. The van der Waals surface area contributed by atoms with Crippen LogP contribution in [-0.2, 0) is 14.3 Å². The molecule has 4 fully saturated rings. The molecule has 5 heteroatoms. The van der Waals surface area contributed by atoms with Crippen molar-refractivity contribution in [3.8, 4) is 0 Å². The van der Waals surface area contributed by atoms with Gasteiger partial charge in [-0.15, -0.1) is 0 Å². The monoisotopic (exact) mass is 504 g/mol. The van der Waals surface area contributed by atoms with E-state index in [4.69, 9.17) is 9.47 Å². The number of esters is 1. The molecule has 0 aromatic rings. The van der Waals surface area contributed by atoms with Crippen LogP contribution in [-0.4, -0.2) is 47.2 Å². The minimum absolute atomic E-state index is 0.0158. The molecule has 4 rings (SSSR count). The lowest BCUT2D eigenvalue weighted by molar-refractivity contribution is -0.188. The van der Waals surface area contributed by atoms with E-state index in [1.165, 1.54) is 26.4 Å². The molecule has 3 saturated carbocycles. The largest absolute Gasteiger partial charge is 0.469 e. The van der Waals surface area contributed by atoms with Gasteiger partial charge in [-0.3, -0.25) is 4.79 Å². The van der Waals surface area contributed by atoms with Crippen LogP contribution in [0.25, 0.3) is 0 Å². The van der Waals surface area contributed by atoms with Crippen LogP contribution < -0.4 is 0 Å². The first-order valence-corrected chi connectivity index (χ1v) is 14.4. The van der Waals surface area contributed by atoms with E-state index in [2.05, 4.69) is 34.3 Å². The van der Waals surface area contributed by atoms with Crippen LogP contribution in [0, 0.1) is 39.9 Å². The number of fused-ring (bicyclic) bond motifs is 3. The third-order valence-corrected chi connectivity index (χ3v) is 12.3. The molecule has 1 heterocycles. The second kappa shape index (κ2) is 9.38. The van der Waals surface area contributed by atoms with Gasteiger partial charge in [0.25, 0.3) is 0 Å². The van der Waals surface area contributed by atoms with Crippen molar-refractivity contribution in [2.75, 3.05) is 13.7 Å². The Kier molecular flexibility index (Phi) is 7.32. The Morgan fingerprint density at radius 2 is 1.67 bits per heavy atom. The fourth-order valence-corrected chi connectivity index (χ4v) is 10.1. The van der Waals surface area contributed by atoms with E-state index in [0.717, 1.165) is 44.1 Å². The Balaban J connectivity index is 1.64. The van der Waals surface area contributed by atoms with E-state index in [0.29, 0.717) is 24.2 Å². The summed E-state index contributed by atoms with van der Waals surface area (Å²) in [7, 11) is 1.47. The highest BCUT2D eigenvalue weighted by atomic mass is 16.5. The smallest absolute Gasteiger partial charge is 0.305 e. The summed E-state index contributed by atoms with van der Waals surface area (Å²) in [4.78, 5) is 12.2. The normalized spacial score (nSPS) is 46.8. The lowest BCUT2D eigenvalue weighted by Crippen LogP contribution is -2.60. The standard InChI is InChI=1S/C31H52O5/c1-20(19-32)21-11-17-30(6)24(28(21,4)15-14-26(33)35-8)10-9-22-23(12-16-29(22,30)5)31(7)18-13-25(36-31)27(2,3)34/h21-25,32,34H,1,9-19H2,2-8H3. The first-order chi connectivity index (χ1) is 16.7. The van der Waals surface area contributed by atoms with Gasteiger partial charge in [-0.25, -0.2) is 0 Å². The number of methoxy groups -OCH3 is 1. The highest BCUT2D eigenvalue weighted by Gasteiger charge is 2.68. The van der Waals surface area contributed by atoms with E-state index >= 15 is 0 Å². The summed E-state index contributed by atoms with van der Waals surface area (Å²) in [6, 6.07) is 0. The molecule has 1 aliphatic heterocycles. The van der Waals surface area contributed by atoms with E-state index in [-0.39, 0.29) is 46.4 Å². The zero-order valence-corrected chi connectivity index (χ0v) is 24.0. The summed E-state index contributed by atoms with van der Waals surface area (Å²) in [5, 5.41) is 20.7. The van der Waals surface area contributed by atoms with E-state index in [1.807, 2.05) is 13.8 Å². The predicted octanol–water partition coefficient (Wildman–Crippen LogP) is 6.06. The summed E-state index contributed by atoms with van der Waals surface area (Å²) >= 11 is 0. The summed E-state index contributed by atoms with van der Waals surface area (Å²) in [6.45, 7) is 17.8. The van der Waals surface area contributed by atoms with Crippen molar-refractivity contribution in [2.45, 2.75) is 123 Å². The van der Waals surface area contributed by atoms with Gasteiger partial charge < -0.3 is 19.7 Å². The summed E-state index contributed by atoms with van der Waals surface area (Å²) in [5.41, 5.74) is 0.216. The third kappa shape index (κ3) is 4.20. The van der Waals surface area contributed by atoms with Gasteiger partial charge in [0.05, 0.1) is 31.0 Å². The predicted molar refractivity (Wildman–Crippen MR) is 142 cm³/mol. The molecule has 2 N–H and O–H groups in total. The van der Waals surface area contributed by atoms with E-state index < -0.39 is 5.60 Å². The Hall–Kier alpha value is -0.910. The van der Waals surface area contributed by atoms with Crippen molar-refractivity contribution in [2.24, 2.45) is 39.9 Å². The molecular formula is C31H52O5. The zero-order valence-electron chi connectivity index (χ0n) is 24.0. The maximum Gasteiger partial charge on any atom is 0.305 e. The number of carbonyl (C=O) groups is 1. The van der Waals surface area contributed by atoms with Gasteiger partial charge in [-0.05, 0) is 124 Å². The summed E-state index contributed by atoms with van der Waals surface area (Å²) < 4.78 is 11.7. The van der Waals surface area contributed by atoms with Gasteiger partial charge in [-0.1, -0.05) is 27.4 Å². The minimum atomic E-state index is -0.807. The molecule has 0 aromatic heterocycles. The van der Waals surface area contributed by atoms with Crippen molar-refractivity contribution in [1.82, 2.24) is 0 Å². The maximum absolute atomic E-state index is 12.2. The lowest BCUT2D eigenvalue weighted by atomic mass is 9.38. The van der Waals surface area contributed by atoms with E-state index in [9.17, 15) is 15.0 Å². The Morgan fingerprint density at radius 3 is 2.25 bits per heavy atom. The van der Waals surface area contributed by atoms with Crippen molar-refractivity contribution >= 4 is 5.97 Å². The molecule has 9 unspecified atom stereocenters. The summed E-state index contributed by atoms with van der Waals surface area (Å²) in [5.74, 6) is 1.67. The number of hydrogen-bond acceptors (Lipinski definition) is 5. The van der Waals surface area contributed by atoms with Gasteiger partial charge in [0.2, 0.25) is 0 Å². The van der Waals surface area contributed by atoms with Crippen LogP contribution in [0.1, 0.15) is 106 Å². The molecule has 0 bridgehead atoms. The molecule has 1 saturated heterocycles. The van der Waals surface area contributed by atoms with Crippen molar-refractivity contribution in [3.05, 3.63) is 12.2 Å². The molecule has 4 aliphatic rings.